The van der Waals surface area contributed by atoms with E-state index in [-0.39, 0.29) is 0 Å². The summed E-state index contributed by atoms with van der Waals surface area (Å²) in [6.07, 6.45) is 0. The minimum Gasteiger partial charge on any atom is -0.756 e. The zero-order valence-corrected chi connectivity index (χ0v) is 5.71. The maximum absolute atomic E-state index is 10.1. The number of hydrogen-bond donors (Lipinski definition) is 3. The summed E-state index contributed by atoms with van der Waals surface area (Å²) in [7, 11) is -4.80. The second-order valence-electron chi connectivity index (χ2n) is 1.31. The lowest BCUT2D eigenvalue weighted by atomic mass is 10.7. The third-order valence-electron chi connectivity index (χ3n) is 0.520. The van der Waals surface area contributed by atoms with Crippen LogP contribution in [0.2, 0.25) is 0 Å². The number of hydrogen-bond acceptors (Lipinski definition) is 5. The molecule has 0 aliphatic rings. The number of carbonyl (C=O) groups is 1. The van der Waals surface area contributed by atoms with Gasteiger partial charge < -0.3 is 14.3 Å². The van der Waals surface area contributed by atoms with Crippen molar-refractivity contribution in [1.82, 2.24) is 5.43 Å². The van der Waals surface area contributed by atoms with Crippen molar-refractivity contribution in [1.29, 1.82) is 0 Å². The third kappa shape index (κ3) is 5.67. The van der Waals surface area contributed by atoms with E-state index >= 15 is 0 Å². The summed E-state index contributed by atoms with van der Waals surface area (Å²) in [4.78, 5) is 27.8. The lowest BCUT2D eigenvalue weighted by molar-refractivity contribution is -0.219. The van der Waals surface area contributed by atoms with Crippen LogP contribution in [0.1, 0.15) is 0 Å². The van der Waals surface area contributed by atoms with Crippen molar-refractivity contribution in [3.63, 3.8) is 0 Å². The summed E-state index contributed by atoms with van der Waals surface area (Å²) in [5.41, 5.74) is 1.60. The van der Waals surface area contributed by atoms with Gasteiger partial charge in [-0.15, -0.1) is 0 Å². The van der Waals surface area contributed by atoms with Crippen LogP contribution < -0.4 is 16.2 Å². The van der Waals surface area contributed by atoms with Crippen molar-refractivity contribution >= 4 is 13.7 Å². The molecule has 0 aromatic carbocycles. The molecule has 1 unspecified atom stereocenters. The summed E-state index contributed by atoms with van der Waals surface area (Å²) in [6.45, 7) is -0.812. The number of amides is 1. The molecule has 0 spiro atoms. The van der Waals surface area contributed by atoms with Crippen LogP contribution in [-0.2, 0) is 13.9 Å². The first-order valence-corrected chi connectivity index (χ1v) is 3.63. The van der Waals surface area contributed by atoms with Crippen LogP contribution in [-0.4, -0.2) is 17.4 Å². The Labute approximate surface area is 56.4 Å². The van der Waals surface area contributed by atoms with Gasteiger partial charge in [0, 0.05) is 0 Å². The van der Waals surface area contributed by atoms with Crippen molar-refractivity contribution in [3.05, 3.63) is 0 Å². The van der Waals surface area contributed by atoms with E-state index in [0.717, 1.165) is 0 Å². The summed E-state index contributed by atoms with van der Waals surface area (Å²) in [6, 6.07) is 0. The average Bonchev–Trinajstić information content (AvgIpc) is 1.81. The highest BCUT2D eigenvalue weighted by Gasteiger charge is 2.04. The first-order valence-electron chi connectivity index (χ1n) is 2.13. The van der Waals surface area contributed by atoms with Gasteiger partial charge in [-0.3, -0.25) is 14.8 Å². The molecule has 0 heterocycles. The van der Waals surface area contributed by atoms with Crippen molar-refractivity contribution in [2.75, 3.05) is 6.61 Å². The molecule has 0 aromatic heterocycles. The van der Waals surface area contributed by atoms with E-state index in [1.165, 1.54) is 0 Å². The van der Waals surface area contributed by atoms with Gasteiger partial charge in [-0.2, -0.15) is 0 Å². The van der Waals surface area contributed by atoms with Gasteiger partial charge in [0.15, 0.2) is 0 Å². The highest BCUT2D eigenvalue weighted by molar-refractivity contribution is 7.44. The summed E-state index contributed by atoms with van der Waals surface area (Å²) >= 11 is 0. The molecule has 60 valence electrons. The van der Waals surface area contributed by atoms with E-state index in [1.807, 2.05) is 0 Å². The largest absolute Gasteiger partial charge is 0.756 e. The SMILES string of the molecule is NNC(=O)COP(=O)([O-])O. The standard InChI is InChI=1S/C2H7N2O5P/c3-4-2(5)1-9-10(6,7)8/h1,3H2,(H,4,5)(H2,6,7,8)/p-1. The Bertz CT molecular complexity index is 163. The molecule has 0 bridgehead atoms. The molecule has 4 N–H and O–H groups in total. The number of nitrogens with two attached hydrogens (primary N) is 1. The Balaban J connectivity index is 3.56. The quantitative estimate of drug-likeness (QED) is 0.185. The monoisotopic (exact) mass is 169 g/mol. The Kier molecular flexibility index (Phi) is 3.48. The Morgan fingerprint density at radius 1 is 1.90 bits per heavy atom. The minimum atomic E-state index is -4.80. The van der Waals surface area contributed by atoms with Crippen LogP contribution in [0.3, 0.4) is 0 Å². The number of phosphoric ester groups is 1. The third-order valence-corrected chi connectivity index (χ3v) is 0.975. The van der Waals surface area contributed by atoms with Gasteiger partial charge in [-0.05, 0) is 0 Å². The molecular weight excluding hydrogens is 163 g/mol. The van der Waals surface area contributed by atoms with Crippen molar-refractivity contribution in [2.45, 2.75) is 0 Å². The van der Waals surface area contributed by atoms with Crippen LogP contribution in [0.4, 0.5) is 0 Å². The molecule has 0 aliphatic heterocycles. The van der Waals surface area contributed by atoms with Gasteiger partial charge in [0.2, 0.25) is 0 Å². The minimum absolute atomic E-state index is 0.812. The molecule has 0 rings (SSSR count). The van der Waals surface area contributed by atoms with Crippen molar-refractivity contribution in [2.24, 2.45) is 5.84 Å². The first kappa shape index (κ1) is 9.54. The Morgan fingerprint density at radius 2 is 2.40 bits per heavy atom. The molecule has 0 saturated heterocycles. The maximum Gasteiger partial charge on any atom is 0.265 e. The number of hydrazine groups is 1. The maximum atomic E-state index is 10.1. The summed E-state index contributed by atoms with van der Waals surface area (Å²) in [5, 5.41) is 0. The van der Waals surface area contributed by atoms with Gasteiger partial charge >= 0.3 is 0 Å². The van der Waals surface area contributed by atoms with Crippen LogP contribution in [0.25, 0.3) is 0 Å². The molecule has 10 heavy (non-hydrogen) atoms. The van der Waals surface area contributed by atoms with E-state index in [9.17, 15) is 14.3 Å². The molecule has 0 fully saturated rings. The lowest BCUT2D eigenvalue weighted by Gasteiger charge is -2.13. The van der Waals surface area contributed by atoms with Gasteiger partial charge in [0.05, 0.1) is 0 Å². The predicted molar refractivity (Wildman–Crippen MR) is 28.1 cm³/mol. The Hall–Kier alpha value is -0.460. The van der Waals surface area contributed by atoms with Gasteiger partial charge in [0.1, 0.15) is 6.61 Å². The van der Waals surface area contributed by atoms with Crippen LogP contribution in [0, 0.1) is 0 Å². The van der Waals surface area contributed by atoms with Gasteiger partial charge in [-0.1, -0.05) is 0 Å². The van der Waals surface area contributed by atoms with Gasteiger partial charge in [-0.25, -0.2) is 5.84 Å². The molecular formula is C2H6N2O5P-. The van der Waals surface area contributed by atoms with E-state index in [1.54, 1.807) is 5.43 Å². The number of rotatable bonds is 3. The number of phosphoric acid groups is 1. The molecule has 0 aliphatic carbocycles. The van der Waals surface area contributed by atoms with E-state index in [2.05, 4.69) is 10.4 Å². The molecule has 0 saturated carbocycles. The zero-order chi connectivity index (χ0) is 8.20. The van der Waals surface area contributed by atoms with Crippen LogP contribution in [0.15, 0.2) is 0 Å². The van der Waals surface area contributed by atoms with E-state index < -0.39 is 20.3 Å². The van der Waals surface area contributed by atoms with Crippen LogP contribution in [0.5, 0.6) is 0 Å². The van der Waals surface area contributed by atoms with E-state index in [4.69, 9.17) is 4.89 Å². The fraction of sp³-hybridized carbons (Fsp3) is 0.500. The molecule has 1 atom stereocenters. The molecule has 0 radical (unpaired) electrons. The molecule has 0 aromatic rings. The second-order valence-corrected chi connectivity index (χ2v) is 2.50. The predicted octanol–water partition coefficient (Wildman–Crippen LogP) is -2.55. The fourth-order valence-corrected chi connectivity index (χ4v) is 0.462. The Morgan fingerprint density at radius 3 is 2.70 bits per heavy atom. The molecule has 1 amide bonds. The zero-order valence-electron chi connectivity index (χ0n) is 4.81. The fourth-order valence-electron chi connectivity index (χ4n) is 0.182. The summed E-state index contributed by atoms with van der Waals surface area (Å²) in [5.74, 6) is 3.71. The normalized spacial score (nSPS) is 15.9. The van der Waals surface area contributed by atoms with Crippen molar-refractivity contribution in [3.8, 4) is 0 Å². The highest BCUT2D eigenvalue weighted by Crippen LogP contribution is 2.29. The average molecular weight is 169 g/mol. The highest BCUT2D eigenvalue weighted by atomic mass is 31.2. The smallest absolute Gasteiger partial charge is 0.265 e. The van der Waals surface area contributed by atoms with E-state index in [0.29, 0.717) is 0 Å². The lowest BCUT2D eigenvalue weighted by Crippen LogP contribution is -2.33. The van der Waals surface area contributed by atoms with Crippen molar-refractivity contribution < 1.29 is 23.7 Å². The number of carbonyl (C=O) groups excluding carboxylic acids is 1. The molecule has 7 nitrogen and oxygen atoms in total. The van der Waals surface area contributed by atoms with Crippen LogP contribution >= 0.6 is 7.82 Å². The topological polar surface area (TPSA) is 125 Å². The second kappa shape index (κ2) is 3.65. The molecule has 8 heteroatoms. The van der Waals surface area contributed by atoms with Gasteiger partial charge in [0.25, 0.3) is 13.7 Å². The first-order chi connectivity index (χ1) is 4.45. The number of nitrogens with one attached hydrogen (secondary N) is 1. The summed E-state index contributed by atoms with van der Waals surface area (Å²) < 4.78 is 13.4.